The van der Waals surface area contributed by atoms with E-state index < -0.39 is 47.4 Å². The van der Waals surface area contributed by atoms with Crippen molar-refractivity contribution in [2.24, 2.45) is 0 Å². The van der Waals surface area contributed by atoms with Crippen LogP contribution in [0.1, 0.15) is 68.4 Å². The van der Waals surface area contributed by atoms with Gasteiger partial charge in [0, 0.05) is 12.6 Å². The molecule has 1 aromatic carbocycles. The van der Waals surface area contributed by atoms with Gasteiger partial charge in [0.2, 0.25) is 5.60 Å². The van der Waals surface area contributed by atoms with Gasteiger partial charge < -0.3 is 19.8 Å². The topological polar surface area (TPSA) is 90.3 Å². The highest BCUT2D eigenvalue weighted by atomic mass is 19.4. The molecule has 1 aliphatic carbocycles. The SMILES string of the molecule is Nc1cc(C(F)(F)F)c2nc1-c1nnc(o1)C(OCc1ccccc1)(C(F)(F)F)CCCCCCN2C1CCC1. The molecule has 2 aliphatic rings. The number of pyridine rings is 1. The summed E-state index contributed by atoms with van der Waals surface area (Å²) in [6.45, 7) is -0.104. The number of halogens is 6. The molecule has 1 aliphatic heterocycles. The van der Waals surface area contributed by atoms with Gasteiger partial charge in [0.25, 0.3) is 11.8 Å². The molecule has 2 aromatic heterocycles. The number of fused-ring (bicyclic) bond motifs is 5. The van der Waals surface area contributed by atoms with E-state index in [0.29, 0.717) is 24.8 Å². The monoisotopic (exact) mass is 569 g/mol. The summed E-state index contributed by atoms with van der Waals surface area (Å²) in [4.78, 5) is 5.86. The molecule has 1 fully saturated rings. The molecule has 216 valence electrons. The zero-order valence-corrected chi connectivity index (χ0v) is 21.6. The quantitative estimate of drug-likeness (QED) is 0.338. The van der Waals surface area contributed by atoms with Crippen LogP contribution in [0.15, 0.2) is 40.8 Å². The smallest absolute Gasteiger partial charge is 0.416 e. The van der Waals surface area contributed by atoms with Gasteiger partial charge in [-0.25, -0.2) is 4.98 Å². The highest BCUT2D eigenvalue weighted by molar-refractivity contribution is 5.71. The number of anilines is 2. The summed E-state index contributed by atoms with van der Waals surface area (Å²) in [5.41, 5.74) is 1.80. The highest BCUT2D eigenvalue weighted by Crippen LogP contribution is 2.48. The van der Waals surface area contributed by atoms with E-state index in [-0.39, 0.29) is 37.1 Å². The minimum Gasteiger partial charge on any atom is -0.416 e. The van der Waals surface area contributed by atoms with Crippen LogP contribution in [0.5, 0.6) is 0 Å². The second-order valence-corrected chi connectivity index (χ2v) is 10.2. The second kappa shape index (κ2) is 10.9. The number of nitrogen functional groups attached to an aromatic ring is 1. The molecular weight excluding hydrogens is 540 g/mol. The molecular formula is C27H29F6N5O2. The number of nitrogens with two attached hydrogens (primary N) is 1. The Labute approximate surface area is 226 Å². The van der Waals surface area contributed by atoms with Gasteiger partial charge in [-0.2, -0.15) is 26.3 Å². The van der Waals surface area contributed by atoms with E-state index in [2.05, 4.69) is 15.2 Å². The Morgan fingerprint density at radius 3 is 2.35 bits per heavy atom. The number of ether oxygens (including phenoxy) is 1. The van der Waals surface area contributed by atoms with Crippen LogP contribution in [0, 0.1) is 0 Å². The van der Waals surface area contributed by atoms with Gasteiger partial charge in [-0.3, -0.25) is 0 Å². The summed E-state index contributed by atoms with van der Waals surface area (Å²) < 4.78 is 97.8. The molecule has 1 unspecified atom stereocenters. The maximum absolute atomic E-state index is 14.8. The van der Waals surface area contributed by atoms with E-state index in [1.807, 2.05) is 0 Å². The molecule has 1 saturated carbocycles. The Bertz CT molecular complexity index is 1310. The molecule has 4 bridgehead atoms. The van der Waals surface area contributed by atoms with Gasteiger partial charge in [0.05, 0.1) is 12.3 Å². The summed E-state index contributed by atoms with van der Waals surface area (Å²) in [6, 6.07) is 8.98. The van der Waals surface area contributed by atoms with Gasteiger partial charge in [-0.1, -0.05) is 43.2 Å². The molecule has 2 N–H and O–H groups in total. The average molecular weight is 570 g/mol. The number of hydrogen-bond donors (Lipinski definition) is 1. The number of hydrogen-bond acceptors (Lipinski definition) is 7. The minimum absolute atomic E-state index is 0.120. The third-order valence-corrected chi connectivity index (χ3v) is 7.56. The second-order valence-electron chi connectivity index (χ2n) is 10.2. The molecule has 13 heteroatoms. The molecule has 5 rings (SSSR count). The molecule has 3 aromatic rings. The van der Waals surface area contributed by atoms with E-state index in [9.17, 15) is 26.3 Å². The lowest BCUT2D eigenvalue weighted by molar-refractivity contribution is -0.300. The maximum Gasteiger partial charge on any atom is 0.426 e. The van der Waals surface area contributed by atoms with Crippen LogP contribution in [0.2, 0.25) is 0 Å². The predicted octanol–water partition coefficient (Wildman–Crippen LogP) is 7.03. The fourth-order valence-electron chi connectivity index (χ4n) is 5.14. The lowest BCUT2D eigenvalue weighted by Gasteiger charge is -2.40. The van der Waals surface area contributed by atoms with Gasteiger partial charge in [0.1, 0.15) is 11.4 Å². The highest BCUT2D eigenvalue weighted by Gasteiger charge is 2.61. The Kier molecular flexibility index (Phi) is 7.68. The predicted molar refractivity (Wildman–Crippen MR) is 134 cm³/mol. The number of benzene rings is 1. The Hall–Kier alpha value is -3.35. The Morgan fingerprint density at radius 1 is 0.975 bits per heavy atom. The Morgan fingerprint density at radius 2 is 1.70 bits per heavy atom. The van der Waals surface area contributed by atoms with E-state index in [1.165, 1.54) is 0 Å². The van der Waals surface area contributed by atoms with Crippen LogP contribution in [0.4, 0.5) is 37.8 Å². The molecule has 3 heterocycles. The average Bonchev–Trinajstić information content (AvgIpc) is 3.35. The third-order valence-electron chi connectivity index (χ3n) is 7.56. The molecule has 7 nitrogen and oxygen atoms in total. The van der Waals surface area contributed by atoms with E-state index in [0.717, 1.165) is 25.3 Å². The van der Waals surface area contributed by atoms with Crippen molar-refractivity contribution < 1.29 is 35.5 Å². The largest absolute Gasteiger partial charge is 0.426 e. The standard InChI is InChI=1S/C27H29F6N5O2/c28-26(29,30)19-15-20(34)21-23-36-37-24(40-23)25(27(31,32)33,39-16-17-9-4-3-5-10-17)13-6-1-2-7-14-38(22(19)35-21)18-11-8-12-18/h3-5,9-10,15,18H,1-2,6-8,11-14,16,34H2. The Balaban J connectivity index is 1.62. The zero-order chi connectivity index (χ0) is 28.5. The molecule has 1 atom stereocenters. The van der Waals surface area contributed by atoms with Crippen LogP contribution >= 0.6 is 0 Å². The van der Waals surface area contributed by atoms with E-state index >= 15 is 0 Å². The van der Waals surface area contributed by atoms with Crippen LogP contribution in [-0.4, -0.2) is 33.9 Å². The van der Waals surface area contributed by atoms with Gasteiger partial charge >= 0.3 is 12.4 Å². The normalized spacial score (nSPS) is 21.1. The first-order chi connectivity index (χ1) is 19.0. The van der Waals surface area contributed by atoms with Crippen LogP contribution in [-0.2, 0) is 23.1 Å². The van der Waals surface area contributed by atoms with Gasteiger partial charge in [0.15, 0.2) is 5.69 Å². The maximum atomic E-state index is 14.8. The van der Waals surface area contributed by atoms with E-state index in [4.69, 9.17) is 14.9 Å². The number of rotatable bonds is 4. The van der Waals surface area contributed by atoms with Gasteiger partial charge in [-0.15, -0.1) is 10.2 Å². The van der Waals surface area contributed by atoms with Crippen molar-refractivity contribution in [1.29, 1.82) is 0 Å². The molecule has 0 saturated heterocycles. The van der Waals surface area contributed by atoms with Crippen molar-refractivity contribution in [3.8, 4) is 11.6 Å². The summed E-state index contributed by atoms with van der Waals surface area (Å²) in [6.07, 6.45) is -6.32. The third kappa shape index (κ3) is 5.48. The van der Waals surface area contributed by atoms with Crippen molar-refractivity contribution in [1.82, 2.24) is 15.2 Å². The summed E-state index contributed by atoms with van der Waals surface area (Å²) in [5.74, 6) is -1.69. The first kappa shape index (κ1) is 28.2. The van der Waals surface area contributed by atoms with Crippen molar-refractivity contribution in [2.45, 2.75) is 82.0 Å². The lowest BCUT2D eigenvalue weighted by Crippen LogP contribution is -2.45. The fraction of sp³-hybridized carbons (Fsp3) is 0.519. The van der Waals surface area contributed by atoms with Crippen molar-refractivity contribution in [3.05, 3.63) is 53.4 Å². The minimum atomic E-state index is -4.94. The molecule has 40 heavy (non-hydrogen) atoms. The fourth-order valence-corrected chi connectivity index (χ4v) is 5.14. The molecule has 0 spiro atoms. The molecule has 0 radical (unpaired) electrons. The van der Waals surface area contributed by atoms with Crippen LogP contribution in [0.25, 0.3) is 11.6 Å². The van der Waals surface area contributed by atoms with Crippen LogP contribution < -0.4 is 10.6 Å². The van der Waals surface area contributed by atoms with Crippen LogP contribution in [0.3, 0.4) is 0 Å². The molecule has 0 amide bonds. The van der Waals surface area contributed by atoms with E-state index in [1.54, 1.807) is 35.2 Å². The van der Waals surface area contributed by atoms with Crippen molar-refractivity contribution in [3.63, 3.8) is 0 Å². The zero-order valence-electron chi connectivity index (χ0n) is 21.6. The number of nitrogens with zero attached hydrogens (tertiary/aromatic N) is 4. The first-order valence-corrected chi connectivity index (χ1v) is 13.2. The summed E-state index contributed by atoms with van der Waals surface area (Å²) in [7, 11) is 0. The van der Waals surface area contributed by atoms with Crippen molar-refractivity contribution in [2.75, 3.05) is 17.2 Å². The number of alkyl halides is 6. The van der Waals surface area contributed by atoms with Crippen molar-refractivity contribution >= 4 is 11.5 Å². The van der Waals surface area contributed by atoms with Gasteiger partial charge in [-0.05, 0) is 50.2 Å². The first-order valence-electron chi connectivity index (χ1n) is 13.2. The summed E-state index contributed by atoms with van der Waals surface area (Å²) in [5, 5.41) is 7.46. The lowest BCUT2D eigenvalue weighted by atomic mass is 9.90. The summed E-state index contributed by atoms with van der Waals surface area (Å²) >= 11 is 0. The number of aromatic nitrogens is 3.